The van der Waals surface area contributed by atoms with Gasteiger partial charge in [0.05, 0.1) is 11.7 Å². The van der Waals surface area contributed by atoms with Crippen molar-refractivity contribution in [3.63, 3.8) is 0 Å². The Labute approximate surface area is 138 Å². The molecule has 0 aliphatic rings. The average molecular weight is 321 g/mol. The SMILES string of the molecule is Clc1ccc(N(c2ccc3[nH]ncc3c2)c2ccccn2)cc1. The van der Waals surface area contributed by atoms with Crippen LogP contribution in [0.4, 0.5) is 17.2 Å². The third kappa shape index (κ3) is 2.64. The first-order chi connectivity index (χ1) is 11.3. The molecular formula is C18H13ClN4. The molecule has 0 fully saturated rings. The Morgan fingerprint density at radius 2 is 1.74 bits per heavy atom. The molecule has 23 heavy (non-hydrogen) atoms. The maximum Gasteiger partial charge on any atom is 0.137 e. The first-order valence-corrected chi connectivity index (χ1v) is 7.59. The fraction of sp³-hybridized carbons (Fsp3) is 0. The molecule has 0 saturated carbocycles. The predicted octanol–water partition coefficient (Wildman–Crippen LogP) is 5.08. The molecule has 0 bridgehead atoms. The molecule has 1 N–H and O–H groups in total. The van der Waals surface area contributed by atoms with Crippen molar-refractivity contribution in [3.05, 3.63) is 78.1 Å². The van der Waals surface area contributed by atoms with Gasteiger partial charge in [-0.1, -0.05) is 17.7 Å². The zero-order chi connectivity index (χ0) is 15.6. The molecule has 0 saturated heterocycles. The summed E-state index contributed by atoms with van der Waals surface area (Å²) >= 11 is 6.03. The van der Waals surface area contributed by atoms with Gasteiger partial charge >= 0.3 is 0 Å². The molecule has 0 aliphatic heterocycles. The molecule has 0 unspecified atom stereocenters. The lowest BCUT2D eigenvalue weighted by atomic mass is 10.2. The van der Waals surface area contributed by atoms with Gasteiger partial charge < -0.3 is 0 Å². The van der Waals surface area contributed by atoms with Gasteiger partial charge in [0.25, 0.3) is 0 Å². The Balaban J connectivity index is 1.89. The molecule has 5 heteroatoms. The lowest BCUT2D eigenvalue weighted by molar-refractivity contribution is 1.12. The minimum Gasteiger partial charge on any atom is -0.295 e. The van der Waals surface area contributed by atoms with Gasteiger partial charge in [0.2, 0.25) is 0 Å². The van der Waals surface area contributed by atoms with E-state index in [0.29, 0.717) is 5.02 Å². The van der Waals surface area contributed by atoms with Crippen molar-refractivity contribution in [2.75, 3.05) is 4.90 Å². The van der Waals surface area contributed by atoms with Gasteiger partial charge in [0.15, 0.2) is 0 Å². The molecule has 0 amide bonds. The fourth-order valence-corrected chi connectivity index (χ4v) is 2.68. The lowest BCUT2D eigenvalue weighted by Crippen LogP contribution is -2.11. The number of hydrogen-bond acceptors (Lipinski definition) is 3. The summed E-state index contributed by atoms with van der Waals surface area (Å²) in [5.74, 6) is 0.845. The Bertz CT molecular complexity index is 932. The molecule has 4 rings (SSSR count). The van der Waals surface area contributed by atoms with Crippen molar-refractivity contribution >= 4 is 39.7 Å². The second-order valence-corrected chi connectivity index (χ2v) is 5.58. The van der Waals surface area contributed by atoms with E-state index < -0.39 is 0 Å². The van der Waals surface area contributed by atoms with Crippen LogP contribution in [0.5, 0.6) is 0 Å². The van der Waals surface area contributed by atoms with Crippen LogP contribution in [0.15, 0.2) is 73.1 Å². The Morgan fingerprint density at radius 1 is 0.913 bits per heavy atom. The van der Waals surface area contributed by atoms with Gasteiger partial charge in [-0.05, 0) is 54.6 Å². The number of halogens is 1. The van der Waals surface area contributed by atoms with Crippen LogP contribution in [0.25, 0.3) is 10.9 Å². The summed E-state index contributed by atoms with van der Waals surface area (Å²) in [4.78, 5) is 6.58. The van der Waals surface area contributed by atoms with E-state index in [4.69, 9.17) is 11.6 Å². The van der Waals surface area contributed by atoms with Crippen LogP contribution in [-0.4, -0.2) is 15.2 Å². The van der Waals surface area contributed by atoms with E-state index in [1.54, 1.807) is 6.20 Å². The van der Waals surface area contributed by atoms with E-state index >= 15 is 0 Å². The molecule has 0 atom stereocenters. The van der Waals surface area contributed by atoms with E-state index in [-0.39, 0.29) is 0 Å². The normalized spacial score (nSPS) is 10.8. The van der Waals surface area contributed by atoms with Crippen LogP contribution in [0.1, 0.15) is 0 Å². The smallest absolute Gasteiger partial charge is 0.137 e. The quantitative estimate of drug-likeness (QED) is 0.572. The van der Waals surface area contributed by atoms with Crippen molar-refractivity contribution < 1.29 is 0 Å². The highest BCUT2D eigenvalue weighted by Crippen LogP contribution is 2.34. The van der Waals surface area contributed by atoms with Crippen molar-refractivity contribution in [1.29, 1.82) is 0 Å². The summed E-state index contributed by atoms with van der Waals surface area (Å²) < 4.78 is 0. The van der Waals surface area contributed by atoms with Crippen LogP contribution in [0.3, 0.4) is 0 Å². The van der Waals surface area contributed by atoms with Crippen molar-refractivity contribution in [3.8, 4) is 0 Å². The van der Waals surface area contributed by atoms with Gasteiger partial charge in [0.1, 0.15) is 5.82 Å². The molecule has 0 radical (unpaired) electrons. The summed E-state index contributed by atoms with van der Waals surface area (Å²) in [5.41, 5.74) is 3.02. The third-order valence-corrected chi connectivity index (χ3v) is 3.90. The minimum absolute atomic E-state index is 0.708. The van der Waals surface area contributed by atoms with Gasteiger partial charge in [-0.2, -0.15) is 5.10 Å². The lowest BCUT2D eigenvalue weighted by Gasteiger charge is -2.24. The summed E-state index contributed by atoms with van der Waals surface area (Å²) in [7, 11) is 0. The largest absolute Gasteiger partial charge is 0.295 e. The fourth-order valence-electron chi connectivity index (χ4n) is 2.56. The first kappa shape index (κ1) is 13.8. The summed E-state index contributed by atoms with van der Waals surface area (Å²) in [6.45, 7) is 0. The van der Waals surface area contributed by atoms with Crippen molar-refractivity contribution in [1.82, 2.24) is 15.2 Å². The number of aromatic amines is 1. The number of nitrogens with zero attached hydrogens (tertiary/aromatic N) is 3. The zero-order valence-corrected chi connectivity index (χ0v) is 12.9. The van der Waals surface area contributed by atoms with Crippen LogP contribution in [0, 0.1) is 0 Å². The summed E-state index contributed by atoms with van der Waals surface area (Å²) in [6, 6.07) is 19.7. The number of fused-ring (bicyclic) bond motifs is 1. The predicted molar refractivity (Wildman–Crippen MR) is 93.6 cm³/mol. The molecular weight excluding hydrogens is 308 g/mol. The molecule has 2 aromatic heterocycles. The van der Waals surface area contributed by atoms with E-state index in [9.17, 15) is 0 Å². The Kier molecular flexibility index (Phi) is 3.44. The molecule has 4 nitrogen and oxygen atoms in total. The van der Waals surface area contributed by atoms with Gasteiger partial charge in [-0.25, -0.2) is 4.98 Å². The minimum atomic E-state index is 0.708. The van der Waals surface area contributed by atoms with Crippen LogP contribution in [0.2, 0.25) is 5.02 Å². The van der Waals surface area contributed by atoms with Gasteiger partial charge in [0, 0.05) is 28.0 Å². The van der Waals surface area contributed by atoms with E-state index in [2.05, 4.69) is 26.1 Å². The van der Waals surface area contributed by atoms with E-state index in [1.165, 1.54) is 0 Å². The van der Waals surface area contributed by atoms with Crippen LogP contribution in [-0.2, 0) is 0 Å². The van der Waals surface area contributed by atoms with Gasteiger partial charge in [-0.15, -0.1) is 0 Å². The number of rotatable bonds is 3. The van der Waals surface area contributed by atoms with Crippen LogP contribution >= 0.6 is 11.6 Å². The monoisotopic (exact) mass is 320 g/mol. The molecule has 112 valence electrons. The van der Waals surface area contributed by atoms with Crippen molar-refractivity contribution in [2.24, 2.45) is 0 Å². The molecule has 0 spiro atoms. The van der Waals surface area contributed by atoms with Gasteiger partial charge in [-0.3, -0.25) is 10.00 Å². The molecule has 0 aliphatic carbocycles. The number of nitrogens with one attached hydrogen (secondary N) is 1. The number of pyridine rings is 1. The highest BCUT2D eigenvalue weighted by molar-refractivity contribution is 6.30. The number of anilines is 3. The molecule has 2 aromatic carbocycles. The number of hydrogen-bond donors (Lipinski definition) is 1. The third-order valence-electron chi connectivity index (χ3n) is 3.65. The molecule has 4 aromatic rings. The number of H-pyrrole nitrogens is 1. The Morgan fingerprint density at radius 3 is 2.52 bits per heavy atom. The standard InChI is InChI=1S/C18H13ClN4/c19-14-4-6-15(7-5-14)23(18-3-1-2-10-20-18)16-8-9-17-13(11-16)12-21-22-17/h1-12H,(H,21,22). The first-order valence-electron chi connectivity index (χ1n) is 7.21. The van der Waals surface area contributed by atoms with E-state index in [1.807, 2.05) is 60.8 Å². The topological polar surface area (TPSA) is 44.8 Å². The Hall–Kier alpha value is -2.85. The summed E-state index contributed by atoms with van der Waals surface area (Å²) in [6.07, 6.45) is 3.60. The highest BCUT2D eigenvalue weighted by atomic mass is 35.5. The van der Waals surface area contributed by atoms with E-state index in [0.717, 1.165) is 28.1 Å². The number of aromatic nitrogens is 3. The maximum absolute atomic E-state index is 6.03. The van der Waals surface area contributed by atoms with Crippen LogP contribution < -0.4 is 4.90 Å². The average Bonchev–Trinajstić information content (AvgIpc) is 3.06. The van der Waals surface area contributed by atoms with Crippen molar-refractivity contribution in [2.45, 2.75) is 0 Å². The number of benzene rings is 2. The summed E-state index contributed by atoms with van der Waals surface area (Å²) in [5, 5.41) is 8.81. The second kappa shape index (κ2) is 5.74. The zero-order valence-electron chi connectivity index (χ0n) is 12.1. The molecule has 2 heterocycles. The maximum atomic E-state index is 6.03. The second-order valence-electron chi connectivity index (χ2n) is 5.14. The highest BCUT2D eigenvalue weighted by Gasteiger charge is 2.14.